The van der Waals surface area contributed by atoms with E-state index < -0.39 is 88.4 Å². The summed E-state index contributed by atoms with van der Waals surface area (Å²) in [5.41, 5.74) is 2.73. The summed E-state index contributed by atoms with van der Waals surface area (Å²) in [5, 5.41) is 0. The smallest absolute Gasteiger partial charge is 0.410 e. The van der Waals surface area contributed by atoms with Gasteiger partial charge in [-0.15, -0.1) is 34.8 Å². The predicted octanol–water partition coefficient (Wildman–Crippen LogP) is 22.0. The Morgan fingerprint density at radius 3 is 0.741 bits per heavy atom. The molecule has 720 valence electrons. The summed E-state index contributed by atoms with van der Waals surface area (Å²) >= 11 is 18.4. The number of aryl methyl sites for hydroxylation is 3. The molecule has 3 aliphatic heterocycles. The number of carbonyl (C=O) groups is 9. The lowest BCUT2D eigenvalue weighted by Gasteiger charge is -2.45. The average molecular weight is 1910 g/mol. The number of hydrogen-bond acceptors (Lipinski definition) is 15. The Kier molecular flexibility index (Phi) is 36.3. The van der Waals surface area contributed by atoms with Gasteiger partial charge in [0.1, 0.15) is 105 Å². The zero-order valence-corrected chi connectivity index (χ0v) is 82.2. The number of anilines is 3. The molecule has 0 aromatic heterocycles. The van der Waals surface area contributed by atoms with Crippen molar-refractivity contribution in [2.24, 2.45) is 17.8 Å². The van der Waals surface area contributed by atoms with Crippen LogP contribution in [0.3, 0.4) is 0 Å². The molecule has 0 radical (unpaired) electrons. The van der Waals surface area contributed by atoms with E-state index in [1.165, 1.54) is 87.5 Å². The molecule has 0 unspecified atom stereocenters. The van der Waals surface area contributed by atoms with Gasteiger partial charge in [-0.25, -0.2) is 27.6 Å². The number of para-hydroxylation sites is 3. The minimum Gasteiger partial charge on any atom is -0.457 e. The Labute approximate surface area is 805 Å². The summed E-state index contributed by atoms with van der Waals surface area (Å²) in [5.74, 6) is -1.44. The monoisotopic (exact) mass is 1910 g/mol. The van der Waals surface area contributed by atoms with Crippen LogP contribution < -0.4 is 28.9 Å². The minimum absolute atomic E-state index is 0.0115. The Morgan fingerprint density at radius 1 is 0.326 bits per heavy atom. The van der Waals surface area contributed by atoms with Crippen molar-refractivity contribution in [1.82, 2.24) is 29.4 Å². The molecule has 135 heavy (non-hydrogen) atoms. The fraction of sp³-hybridized carbons (Fsp3) is 0.400. The Bertz CT molecular complexity index is 5020. The van der Waals surface area contributed by atoms with Crippen molar-refractivity contribution in [3.05, 3.63) is 269 Å². The van der Waals surface area contributed by atoms with E-state index in [0.29, 0.717) is 84.9 Å². The first kappa shape index (κ1) is 105. The maximum absolute atomic E-state index is 14.5. The second kappa shape index (κ2) is 46.8. The largest absolute Gasteiger partial charge is 0.457 e. The molecule has 30 heteroatoms. The maximum atomic E-state index is 14.5. The van der Waals surface area contributed by atoms with Gasteiger partial charge in [0.15, 0.2) is 0 Å². The van der Waals surface area contributed by atoms with Crippen LogP contribution in [0.15, 0.2) is 218 Å². The summed E-state index contributed by atoms with van der Waals surface area (Å²) in [6.07, 6.45) is -1.30. The van der Waals surface area contributed by atoms with Gasteiger partial charge in [0, 0.05) is 76.0 Å². The molecule has 0 saturated carbocycles. The molecule has 0 aliphatic carbocycles. The molecule has 9 amide bonds. The number of nitrogens with zero attached hydrogens (tertiary/aromatic N) is 9. The summed E-state index contributed by atoms with van der Waals surface area (Å²) in [6, 6.07) is 55.9. The molecule has 3 heterocycles. The van der Waals surface area contributed by atoms with E-state index in [1.807, 2.05) is 216 Å². The maximum Gasteiger partial charge on any atom is 0.410 e. The molecule has 3 aliphatic rings. The average Bonchev–Trinajstić information content (AvgIpc) is 0.769. The van der Waals surface area contributed by atoms with Gasteiger partial charge in [0.2, 0.25) is 17.7 Å². The highest BCUT2D eigenvalue weighted by molar-refractivity contribution is 6.31. The van der Waals surface area contributed by atoms with Crippen molar-refractivity contribution in [2.45, 2.75) is 178 Å². The van der Waals surface area contributed by atoms with Gasteiger partial charge >= 0.3 is 18.3 Å². The van der Waals surface area contributed by atoms with Crippen LogP contribution in [0.25, 0.3) is 0 Å². The standard InChI is InChI=1S/3C35H41ClFN3O5/c3*1-23(2)30-22-38(18-19-39(30)34(43)45-35(4,5)6)33(42)32(25-12-14-26(37)15-13-25)40(31(41)21-36)29-17-16-28(20-24(29)3)44-27-10-8-7-9-11-27/h3*7-17,20,23,30,32H,18-19,21-22H2,1-6H3/t2*30-,32+;30-,32-/m100/s1. The van der Waals surface area contributed by atoms with Crippen LogP contribution in [0.5, 0.6) is 34.5 Å². The zero-order chi connectivity index (χ0) is 98.7. The summed E-state index contributed by atoms with van der Waals surface area (Å²) in [4.78, 5) is 138. The summed E-state index contributed by atoms with van der Waals surface area (Å²) in [7, 11) is 0. The van der Waals surface area contributed by atoms with Gasteiger partial charge < -0.3 is 57.8 Å². The molecule has 3 fully saturated rings. The highest BCUT2D eigenvalue weighted by atomic mass is 35.5. The van der Waals surface area contributed by atoms with Crippen molar-refractivity contribution in [1.29, 1.82) is 0 Å². The van der Waals surface area contributed by atoms with E-state index in [9.17, 15) is 56.3 Å². The molecule has 0 spiro atoms. The summed E-state index contributed by atoms with van der Waals surface area (Å²) < 4.78 is 77.1. The lowest BCUT2D eigenvalue weighted by Crippen LogP contribution is -2.60. The molecular weight excluding hydrogens is 1790 g/mol. The fourth-order valence-corrected chi connectivity index (χ4v) is 16.6. The molecule has 6 atom stereocenters. The van der Waals surface area contributed by atoms with Crippen LogP contribution in [0.4, 0.5) is 44.6 Å². The highest BCUT2D eigenvalue weighted by Gasteiger charge is 2.47. The van der Waals surface area contributed by atoms with E-state index in [4.69, 9.17) is 63.2 Å². The normalized spacial score (nSPS) is 15.9. The van der Waals surface area contributed by atoms with Gasteiger partial charge in [-0.05, 0) is 262 Å². The topological polar surface area (TPSA) is 238 Å². The first-order valence-electron chi connectivity index (χ1n) is 45.1. The Morgan fingerprint density at radius 2 is 0.548 bits per heavy atom. The SMILES string of the molecule is Cc1cc(Oc2ccccc2)ccc1N(C(=O)CCl)[C@@H](C(=O)N1CCN(C(=O)OC(C)(C)C)[C@H](C(C)C)C1)c1ccc(F)cc1.Cc1cc(Oc2ccccc2)ccc1N(C(=O)CCl)[C@H](C(=O)N1CCN(C(=O)OC(C)(C)C)[C@@H](C(C)C)C1)c1ccc(F)cc1.Cc1cc(Oc2ccccc2)ccc1N(C(=O)CCl)[C@H](C(=O)N1CCN(C(=O)OC(C)(C)C)[C@H](C(C)C)C1)c1ccc(F)cc1. The molecule has 0 bridgehead atoms. The van der Waals surface area contributed by atoms with Crippen molar-refractivity contribution < 1.29 is 84.7 Å². The Hall–Kier alpha value is -12.3. The third-order valence-electron chi connectivity index (χ3n) is 22.8. The third kappa shape index (κ3) is 28.2. The number of rotatable bonds is 24. The van der Waals surface area contributed by atoms with Crippen LogP contribution in [0, 0.1) is 56.0 Å². The molecular formula is C105H123Cl3F3N9O15. The second-order valence-electron chi connectivity index (χ2n) is 37.5. The van der Waals surface area contributed by atoms with Gasteiger partial charge in [-0.1, -0.05) is 133 Å². The van der Waals surface area contributed by atoms with Crippen LogP contribution >= 0.6 is 34.8 Å². The van der Waals surface area contributed by atoms with Crippen molar-refractivity contribution >= 4 is 106 Å². The molecule has 3 saturated heterocycles. The highest BCUT2D eigenvalue weighted by Crippen LogP contribution is 2.42. The Balaban J connectivity index is 0.000000209. The van der Waals surface area contributed by atoms with Gasteiger partial charge in [0.05, 0.1) is 18.1 Å². The molecule has 9 aromatic rings. The van der Waals surface area contributed by atoms with Gasteiger partial charge in [-0.3, -0.25) is 43.5 Å². The second-order valence-corrected chi connectivity index (χ2v) is 38.3. The number of piperazine rings is 3. The number of amides is 9. The quantitative estimate of drug-likeness (QED) is 0.0404. The molecule has 0 N–H and O–H groups in total. The number of hydrogen-bond donors (Lipinski definition) is 0. The number of benzene rings is 9. The molecule has 9 aromatic carbocycles. The number of carbonyl (C=O) groups excluding carboxylic acids is 9. The van der Waals surface area contributed by atoms with Crippen molar-refractivity contribution in [3.8, 4) is 34.5 Å². The lowest BCUT2D eigenvalue weighted by molar-refractivity contribution is -0.138. The van der Waals surface area contributed by atoms with E-state index in [1.54, 1.807) is 84.0 Å². The van der Waals surface area contributed by atoms with Crippen LogP contribution in [0.1, 0.15) is 155 Å². The lowest BCUT2D eigenvalue weighted by atomic mass is 9.97. The minimum atomic E-state index is -1.14. The summed E-state index contributed by atoms with van der Waals surface area (Å²) in [6.45, 7) is 35.9. The van der Waals surface area contributed by atoms with Crippen molar-refractivity contribution in [2.75, 3.05) is 91.2 Å². The third-order valence-corrected chi connectivity index (χ3v) is 23.5. The van der Waals surface area contributed by atoms with Gasteiger partial charge in [-0.2, -0.15) is 0 Å². The van der Waals surface area contributed by atoms with E-state index in [2.05, 4.69) is 0 Å². The predicted molar refractivity (Wildman–Crippen MR) is 520 cm³/mol. The number of halogens is 6. The van der Waals surface area contributed by atoms with Crippen LogP contribution in [-0.4, -0.2) is 195 Å². The van der Waals surface area contributed by atoms with E-state index in [-0.39, 0.29) is 130 Å². The molecule has 24 nitrogen and oxygen atoms in total. The first-order chi connectivity index (χ1) is 63.9. The van der Waals surface area contributed by atoms with E-state index >= 15 is 0 Å². The van der Waals surface area contributed by atoms with Crippen LogP contribution in [-0.2, 0) is 43.0 Å². The molecule has 12 rings (SSSR count). The van der Waals surface area contributed by atoms with E-state index in [0.717, 1.165) is 0 Å². The number of ether oxygens (including phenoxy) is 6. The fourth-order valence-electron chi connectivity index (χ4n) is 16.2. The van der Waals surface area contributed by atoms with Crippen molar-refractivity contribution in [3.63, 3.8) is 0 Å². The zero-order valence-electron chi connectivity index (χ0n) is 79.9. The van der Waals surface area contributed by atoms with Gasteiger partial charge in [0.25, 0.3) is 17.7 Å². The number of alkyl halides is 3. The van der Waals surface area contributed by atoms with Crippen LogP contribution in [0.2, 0.25) is 0 Å². The first-order valence-corrected chi connectivity index (χ1v) is 46.7.